The maximum atomic E-state index is 5.43. The molecule has 0 atom stereocenters. The van der Waals surface area contributed by atoms with Crippen molar-refractivity contribution in [1.29, 1.82) is 0 Å². The Morgan fingerprint density at radius 2 is 1.92 bits per heavy atom. The standard InChI is InChI=1S/C19H19N3O2/c1-23-18-9-14-11-21-22-17(15(14)10-19(18)24-2)8-12-3-4-16-13(7-12)5-6-20-16/h3-4,7,9-11,20H,5-6,8H2,1-2H3. The molecular formula is C19H19N3O2. The maximum Gasteiger partial charge on any atom is 0.161 e. The van der Waals surface area contributed by atoms with Crippen LogP contribution in [0, 0.1) is 0 Å². The smallest absolute Gasteiger partial charge is 0.161 e. The predicted octanol–water partition coefficient (Wildman–Crippen LogP) is 3.21. The number of nitrogens with zero attached hydrogens (tertiary/aromatic N) is 2. The lowest BCUT2D eigenvalue weighted by Gasteiger charge is -2.11. The Morgan fingerprint density at radius 1 is 1.08 bits per heavy atom. The SMILES string of the molecule is COc1cc2cnnc(Cc3ccc4c(c3)CCN4)c2cc1OC. The second-order valence-electron chi connectivity index (χ2n) is 5.93. The molecule has 24 heavy (non-hydrogen) atoms. The number of hydrogen-bond acceptors (Lipinski definition) is 5. The number of anilines is 1. The highest BCUT2D eigenvalue weighted by molar-refractivity contribution is 5.87. The van der Waals surface area contributed by atoms with Crippen molar-refractivity contribution in [3.63, 3.8) is 0 Å². The molecule has 0 spiro atoms. The van der Waals surface area contributed by atoms with Gasteiger partial charge in [-0.1, -0.05) is 12.1 Å². The summed E-state index contributed by atoms with van der Waals surface area (Å²) in [5, 5.41) is 14.0. The predicted molar refractivity (Wildman–Crippen MR) is 94.1 cm³/mol. The first kappa shape index (κ1) is 14.8. The highest BCUT2D eigenvalue weighted by Crippen LogP contribution is 2.33. The quantitative estimate of drug-likeness (QED) is 0.800. The minimum Gasteiger partial charge on any atom is -0.493 e. The van der Waals surface area contributed by atoms with E-state index < -0.39 is 0 Å². The van der Waals surface area contributed by atoms with E-state index in [9.17, 15) is 0 Å². The summed E-state index contributed by atoms with van der Waals surface area (Å²) in [6.45, 7) is 1.02. The lowest BCUT2D eigenvalue weighted by atomic mass is 10.0. The van der Waals surface area contributed by atoms with Crippen molar-refractivity contribution in [1.82, 2.24) is 10.2 Å². The molecule has 0 bridgehead atoms. The Bertz CT molecular complexity index is 908. The zero-order valence-corrected chi connectivity index (χ0v) is 13.8. The Hall–Kier alpha value is -2.82. The fourth-order valence-corrected chi connectivity index (χ4v) is 3.26. The Balaban J connectivity index is 1.76. The molecule has 0 aliphatic carbocycles. The molecule has 1 aromatic heterocycles. The average molecular weight is 321 g/mol. The molecule has 0 saturated heterocycles. The van der Waals surface area contributed by atoms with Crippen LogP contribution in [0.25, 0.3) is 10.8 Å². The van der Waals surface area contributed by atoms with Crippen molar-refractivity contribution in [3.05, 3.63) is 53.3 Å². The second-order valence-corrected chi connectivity index (χ2v) is 5.93. The van der Waals surface area contributed by atoms with Crippen LogP contribution in [0.1, 0.15) is 16.8 Å². The highest BCUT2D eigenvalue weighted by Gasteiger charge is 2.13. The maximum absolute atomic E-state index is 5.43. The molecule has 4 rings (SSSR count). The van der Waals surface area contributed by atoms with Gasteiger partial charge in [0, 0.05) is 29.4 Å². The minimum atomic E-state index is 0.701. The van der Waals surface area contributed by atoms with E-state index in [0.29, 0.717) is 11.5 Å². The van der Waals surface area contributed by atoms with Crippen LogP contribution in [0.2, 0.25) is 0 Å². The minimum absolute atomic E-state index is 0.701. The number of aromatic nitrogens is 2. The van der Waals surface area contributed by atoms with E-state index in [1.807, 2.05) is 12.1 Å². The van der Waals surface area contributed by atoms with Gasteiger partial charge in [-0.3, -0.25) is 0 Å². The van der Waals surface area contributed by atoms with Gasteiger partial charge in [0.2, 0.25) is 0 Å². The normalized spacial score (nSPS) is 12.8. The molecule has 0 amide bonds. The van der Waals surface area contributed by atoms with Gasteiger partial charge in [0.05, 0.1) is 26.1 Å². The third-order valence-electron chi connectivity index (χ3n) is 4.49. The number of rotatable bonds is 4. The van der Waals surface area contributed by atoms with Gasteiger partial charge in [-0.2, -0.15) is 10.2 Å². The van der Waals surface area contributed by atoms with Crippen molar-refractivity contribution in [2.45, 2.75) is 12.8 Å². The topological polar surface area (TPSA) is 56.3 Å². The number of ether oxygens (including phenoxy) is 2. The van der Waals surface area contributed by atoms with E-state index in [0.717, 1.165) is 35.9 Å². The number of hydrogen-bond donors (Lipinski definition) is 1. The number of benzene rings is 2. The third kappa shape index (κ3) is 2.52. The number of methoxy groups -OCH3 is 2. The molecule has 1 aliphatic heterocycles. The fraction of sp³-hybridized carbons (Fsp3) is 0.263. The molecule has 2 aromatic carbocycles. The molecule has 0 unspecified atom stereocenters. The van der Waals surface area contributed by atoms with E-state index in [2.05, 4.69) is 33.7 Å². The molecule has 3 aromatic rings. The van der Waals surface area contributed by atoms with Gasteiger partial charge in [-0.05, 0) is 35.7 Å². The van der Waals surface area contributed by atoms with Crippen molar-refractivity contribution in [2.75, 3.05) is 26.1 Å². The van der Waals surface area contributed by atoms with E-state index in [-0.39, 0.29) is 0 Å². The van der Waals surface area contributed by atoms with Crippen LogP contribution in [0.3, 0.4) is 0 Å². The summed E-state index contributed by atoms with van der Waals surface area (Å²) in [7, 11) is 3.28. The van der Waals surface area contributed by atoms with Crippen LogP contribution < -0.4 is 14.8 Å². The van der Waals surface area contributed by atoms with E-state index in [1.54, 1.807) is 20.4 Å². The van der Waals surface area contributed by atoms with Crippen molar-refractivity contribution >= 4 is 16.5 Å². The number of fused-ring (bicyclic) bond motifs is 2. The van der Waals surface area contributed by atoms with Gasteiger partial charge in [0.1, 0.15) is 0 Å². The Morgan fingerprint density at radius 3 is 2.75 bits per heavy atom. The number of nitrogens with one attached hydrogen (secondary N) is 1. The van der Waals surface area contributed by atoms with E-state index >= 15 is 0 Å². The zero-order chi connectivity index (χ0) is 16.5. The third-order valence-corrected chi connectivity index (χ3v) is 4.49. The lowest BCUT2D eigenvalue weighted by Crippen LogP contribution is -1.98. The zero-order valence-electron chi connectivity index (χ0n) is 13.8. The summed E-state index contributed by atoms with van der Waals surface area (Å²) in [6, 6.07) is 10.5. The van der Waals surface area contributed by atoms with E-state index in [4.69, 9.17) is 9.47 Å². The Kier molecular flexibility index (Phi) is 3.69. The summed E-state index contributed by atoms with van der Waals surface area (Å²) in [6.07, 6.45) is 3.58. The fourth-order valence-electron chi connectivity index (χ4n) is 3.26. The van der Waals surface area contributed by atoms with Crippen LogP contribution in [-0.4, -0.2) is 31.0 Å². The Labute approximate surface area is 140 Å². The molecule has 0 radical (unpaired) electrons. The van der Waals surface area contributed by atoms with Crippen LogP contribution in [0.4, 0.5) is 5.69 Å². The average Bonchev–Trinajstić information content (AvgIpc) is 3.08. The molecule has 2 heterocycles. The first-order valence-electron chi connectivity index (χ1n) is 8.00. The van der Waals surface area contributed by atoms with Gasteiger partial charge >= 0.3 is 0 Å². The van der Waals surface area contributed by atoms with Crippen LogP contribution in [-0.2, 0) is 12.8 Å². The summed E-state index contributed by atoms with van der Waals surface area (Å²) in [4.78, 5) is 0. The largest absolute Gasteiger partial charge is 0.493 e. The first-order chi connectivity index (χ1) is 11.8. The second kappa shape index (κ2) is 6.00. The van der Waals surface area contributed by atoms with Gasteiger partial charge < -0.3 is 14.8 Å². The molecular weight excluding hydrogens is 302 g/mol. The molecule has 1 N–H and O–H groups in total. The summed E-state index contributed by atoms with van der Waals surface area (Å²) >= 11 is 0. The molecule has 5 heteroatoms. The highest BCUT2D eigenvalue weighted by atomic mass is 16.5. The molecule has 5 nitrogen and oxygen atoms in total. The molecule has 122 valence electrons. The van der Waals surface area contributed by atoms with Crippen molar-refractivity contribution in [2.24, 2.45) is 0 Å². The van der Waals surface area contributed by atoms with Gasteiger partial charge in [-0.25, -0.2) is 0 Å². The molecule has 0 saturated carbocycles. The monoisotopic (exact) mass is 321 g/mol. The van der Waals surface area contributed by atoms with Crippen molar-refractivity contribution in [3.8, 4) is 11.5 Å². The van der Waals surface area contributed by atoms with Crippen LogP contribution in [0.5, 0.6) is 11.5 Å². The van der Waals surface area contributed by atoms with Gasteiger partial charge in [0.25, 0.3) is 0 Å². The van der Waals surface area contributed by atoms with Crippen molar-refractivity contribution < 1.29 is 9.47 Å². The molecule has 0 fully saturated rings. The van der Waals surface area contributed by atoms with Crippen LogP contribution in [0.15, 0.2) is 36.5 Å². The lowest BCUT2D eigenvalue weighted by molar-refractivity contribution is 0.356. The van der Waals surface area contributed by atoms with E-state index in [1.165, 1.54) is 16.8 Å². The summed E-state index contributed by atoms with van der Waals surface area (Å²) in [5.41, 5.74) is 4.81. The van der Waals surface area contributed by atoms with Gasteiger partial charge in [-0.15, -0.1) is 0 Å². The van der Waals surface area contributed by atoms with Gasteiger partial charge in [0.15, 0.2) is 11.5 Å². The summed E-state index contributed by atoms with van der Waals surface area (Å²) < 4.78 is 10.8. The van der Waals surface area contributed by atoms with Crippen LogP contribution >= 0.6 is 0 Å². The summed E-state index contributed by atoms with van der Waals surface area (Å²) in [5.74, 6) is 1.41. The first-order valence-corrected chi connectivity index (χ1v) is 8.00. The molecule has 1 aliphatic rings.